The van der Waals surface area contributed by atoms with Crippen LogP contribution in [0, 0.1) is 0 Å². The summed E-state index contributed by atoms with van der Waals surface area (Å²) in [5.74, 6) is -5.04. The summed E-state index contributed by atoms with van der Waals surface area (Å²) in [5.41, 5.74) is 0. The number of nitrogens with one attached hydrogen (secondary N) is 2. The molecule has 8 nitrogen and oxygen atoms in total. The van der Waals surface area contributed by atoms with Gasteiger partial charge in [0.15, 0.2) is 0 Å². The molecular weight excluding hydrogens is 357 g/mol. The van der Waals surface area contributed by atoms with E-state index in [0.717, 1.165) is 14.2 Å². The van der Waals surface area contributed by atoms with Crippen LogP contribution in [0.25, 0.3) is 0 Å². The molecule has 0 aliphatic rings. The summed E-state index contributed by atoms with van der Waals surface area (Å²) in [6.45, 7) is 0. The molecule has 0 aliphatic heterocycles. The minimum atomic E-state index is -5.18. The summed E-state index contributed by atoms with van der Waals surface area (Å²) in [5, 5.41) is 3.68. The van der Waals surface area contributed by atoms with Gasteiger partial charge in [-0.05, 0) is 6.42 Å². The van der Waals surface area contributed by atoms with Gasteiger partial charge in [-0.25, -0.2) is 9.59 Å². The highest BCUT2D eigenvalue weighted by Crippen LogP contribution is 2.15. The average Bonchev–Trinajstić information content (AvgIpc) is 2.53. The smallest absolute Gasteiger partial charge is 0.467 e. The van der Waals surface area contributed by atoms with Crippen LogP contribution < -0.4 is 10.6 Å². The third-order valence-electron chi connectivity index (χ3n) is 2.71. The van der Waals surface area contributed by atoms with Gasteiger partial charge in [-0.1, -0.05) is 0 Å². The van der Waals surface area contributed by atoms with E-state index in [2.05, 4.69) is 27.4 Å². The van der Waals surface area contributed by atoms with Gasteiger partial charge in [-0.2, -0.15) is 25.8 Å². The second kappa shape index (κ2) is 10.0. The Hall–Kier alpha value is -1.98. The molecular formula is C12H17F3N2O6S. The van der Waals surface area contributed by atoms with E-state index in [1.165, 1.54) is 5.32 Å². The lowest BCUT2D eigenvalue weighted by Gasteiger charge is -2.18. The first kappa shape index (κ1) is 22.0. The quantitative estimate of drug-likeness (QED) is 0.393. The number of esters is 2. The molecule has 0 saturated heterocycles. The van der Waals surface area contributed by atoms with E-state index in [1.54, 1.807) is 0 Å². The molecule has 138 valence electrons. The van der Waals surface area contributed by atoms with Crippen LogP contribution in [0.4, 0.5) is 13.2 Å². The molecule has 0 aromatic rings. The number of carbonyl (C=O) groups is 4. The van der Waals surface area contributed by atoms with Crippen molar-refractivity contribution in [3.05, 3.63) is 0 Å². The van der Waals surface area contributed by atoms with Crippen LogP contribution in [0.15, 0.2) is 0 Å². The van der Waals surface area contributed by atoms with Crippen LogP contribution in [-0.2, 0) is 28.7 Å². The Morgan fingerprint density at radius 3 is 1.92 bits per heavy atom. The molecule has 24 heavy (non-hydrogen) atoms. The zero-order chi connectivity index (χ0) is 18.9. The molecule has 2 amide bonds. The van der Waals surface area contributed by atoms with Gasteiger partial charge in [0.2, 0.25) is 5.91 Å². The van der Waals surface area contributed by atoms with Crippen LogP contribution in [0.3, 0.4) is 0 Å². The monoisotopic (exact) mass is 374 g/mol. The van der Waals surface area contributed by atoms with Crippen molar-refractivity contribution in [3.63, 3.8) is 0 Å². The van der Waals surface area contributed by atoms with Crippen molar-refractivity contribution in [1.82, 2.24) is 10.6 Å². The van der Waals surface area contributed by atoms with E-state index in [1.807, 2.05) is 0 Å². The first-order chi connectivity index (χ1) is 11.1. The largest absolute Gasteiger partial charge is 0.471 e. The summed E-state index contributed by atoms with van der Waals surface area (Å²) in [4.78, 5) is 45.3. The van der Waals surface area contributed by atoms with Crippen LogP contribution in [0.2, 0.25) is 0 Å². The topological polar surface area (TPSA) is 111 Å². The maximum Gasteiger partial charge on any atom is 0.471 e. The molecule has 12 heteroatoms. The number of amides is 2. The normalized spacial score (nSPS) is 13.4. The lowest BCUT2D eigenvalue weighted by molar-refractivity contribution is -0.175. The Kier molecular flexibility index (Phi) is 9.18. The number of alkyl halides is 3. The van der Waals surface area contributed by atoms with Gasteiger partial charge in [0.1, 0.15) is 12.1 Å². The first-order valence-corrected chi connectivity index (χ1v) is 7.13. The maximum atomic E-state index is 12.2. The van der Waals surface area contributed by atoms with Crippen LogP contribution in [0.1, 0.15) is 12.8 Å². The maximum absolute atomic E-state index is 12.2. The van der Waals surface area contributed by atoms with Crippen molar-refractivity contribution in [2.45, 2.75) is 31.1 Å². The van der Waals surface area contributed by atoms with Gasteiger partial charge in [-0.15, -0.1) is 0 Å². The van der Waals surface area contributed by atoms with Crippen LogP contribution >= 0.6 is 12.6 Å². The number of hydrogen-bond acceptors (Lipinski definition) is 7. The third kappa shape index (κ3) is 7.53. The number of thiol groups is 1. The van der Waals surface area contributed by atoms with Gasteiger partial charge in [0.25, 0.3) is 0 Å². The number of ether oxygens (including phenoxy) is 2. The summed E-state index contributed by atoms with van der Waals surface area (Å²) >= 11 is 3.85. The SMILES string of the molecule is COC(=O)C(CS)NC(=O)CCC(NC(=O)C(F)(F)F)C(=O)OC. The van der Waals surface area contributed by atoms with Gasteiger partial charge in [0, 0.05) is 12.2 Å². The van der Waals surface area contributed by atoms with E-state index >= 15 is 0 Å². The molecule has 2 unspecified atom stereocenters. The summed E-state index contributed by atoms with van der Waals surface area (Å²) in [6.07, 6.45) is -6.09. The highest BCUT2D eigenvalue weighted by molar-refractivity contribution is 7.80. The highest BCUT2D eigenvalue weighted by Gasteiger charge is 2.41. The Balaban J connectivity index is 4.71. The standard InChI is InChI=1S/C12H17F3N2O6S/c1-22-9(19)6(17-11(21)12(13,14)15)3-4-8(18)16-7(5-24)10(20)23-2/h6-7,24H,3-5H2,1-2H3,(H,16,18)(H,17,21). The van der Waals surface area contributed by atoms with E-state index in [4.69, 9.17) is 0 Å². The average molecular weight is 374 g/mol. The highest BCUT2D eigenvalue weighted by atomic mass is 32.1. The van der Waals surface area contributed by atoms with Crippen LogP contribution in [0.5, 0.6) is 0 Å². The minimum Gasteiger partial charge on any atom is -0.467 e. The fraction of sp³-hybridized carbons (Fsp3) is 0.667. The number of carbonyl (C=O) groups excluding carboxylic acids is 4. The van der Waals surface area contributed by atoms with Crippen molar-refractivity contribution >= 4 is 36.4 Å². The zero-order valence-corrected chi connectivity index (χ0v) is 13.7. The van der Waals surface area contributed by atoms with Crippen molar-refractivity contribution in [3.8, 4) is 0 Å². The number of hydrogen-bond donors (Lipinski definition) is 3. The van der Waals surface area contributed by atoms with E-state index in [0.29, 0.717) is 0 Å². The molecule has 0 aliphatic carbocycles. The first-order valence-electron chi connectivity index (χ1n) is 6.50. The Labute approximate surface area is 140 Å². The van der Waals surface area contributed by atoms with Crippen molar-refractivity contribution in [1.29, 1.82) is 0 Å². The molecule has 2 N–H and O–H groups in total. The third-order valence-corrected chi connectivity index (χ3v) is 3.08. The van der Waals surface area contributed by atoms with Gasteiger partial charge in [-0.3, -0.25) is 9.59 Å². The predicted octanol–water partition coefficient (Wildman–Crippen LogP) is -0.426. The summed E-state index contributed by atoms with van der Waals surface area (Å²) in [6, 6.07) is -2.71. The van der Waals surface area contributed by atoms with Crippen molar-refractivity contribution in [2.75, 3.05) is 20.0 Å². The molecule has 0 radical (unpaired) electrons. The molecule has 0 rings (SSSR count). The van der Waals surface area contributed by atoms with E-state index in [9.17, 15) is 32.3 Å². The van der Waals surface area contributed by atoms with Gasteiger partial charge in [0.05, 0.1) is 14.2 Å². The molecule has 2 atom stereocenters. The molecule has 0 fully saturated rings. The molecule has 0 aromatic heterocycles. The Morgan fingerprint density at radius 1 is 1.00 bits per heavy atom. The lowest BCUT2D eigenvalue weighted by atomic mass is 10.1. The molecule has 0 aromatic carbocycles. The number of halogens is 3. The summed E-state index contributed by atoms with van der Waals surface area (Å²) in [7, 11) is 2.02. The molecule has 0 heterocycles. The molecule has 0 bridgehead atoms. The Morgan fingerprint density at radius 2 is 1.50 bits per heavy atom. The van der Waals surface area contributed by atoms with Gasteiger partial charge >= 0.3 is 24.0 Å². The van der Waals surface area contributed by atoms with E-state index in [-0.39, 0.29) is 5.75 Å². The Bertz CT molecular complexity index is 486. The number of rotatable bonds is 8. The molecule has 0 spiro atoms. The molecule has 0 saturated carbocycles. The zero-order valence-electron chi connectivity index (χ0n) is 12.8. The second-order valence-corrected chi connectivity index (χ2v) is 4.78. The van der Waals surface area contributed by atoms with Crippen LogP contribution in [-0.4, -0.2) is 62.0 Å². The fourth-order valence-corrected chi connectivity index (χ4v) is 1.73. The van der Waals surface area contributed by atoms with Crippen molar-refractivity contribution < 1.29 is 41.8 Å². The minimum absolute atomic E-state index is 0.0658. The van der Waals surface area contributed by atoms with E-state index < -0.39 is 54.9 Å². The fourth-order valence-electron chi connectivity index (χ4n) is 1.49. The van der Waals surface area contributed by atoms with Gasteiger partial charge < -0.3 is 20.1 Å². The second-order valence-electron chi connectivity index (χ2n) is 4.41. The lowest BCUT2D eigenvalue weighted by Crippen LogP contribution is -2.48. The predicted molar refractivity (Wildman–Crippen MR) is 77.0 cm³/mol. The number of methoxy groups -OCH3 is 2. The van der Waals surface area contributed by atoms with Crippen molar-refractivity contribution in [2.24, 2.45) is 0 Å². The summed E-state index contributed by atoms with van der Waals surface area (Å²) < 4.78 is 45.3.